The van der Waals surface area contributed by atoms with E-state index in [0.29, 0.717) is 6.54 Å². The predicted octanol–water partition coefficient (Wildman–Crippen LogP) is 3.46. The lowest BCUT2D eigenvalue weighted by Gasteiger charge is -2.08. The van der Waals surface area contributed by atoms with E-state index in [-0.39, 0.29) is 6.42 Å². The average molecular weight is 396 g/mol. The van der Waals surface area contributed by atoms with Crippen LogP contribution in [0.25, 0.3) is 21.8 Å². The molecule has 1 heterocycles. The van der Waals surface area contributed by atoms with Crippen LogP contribution in [0.3, 0.4) is 0 Å². The molecule has 0 saturated heterocycles. The van der Waals surface area contributed by atoms with Gasteiger partial charge in [-0.05, 0) is 36.4 Å². The molecular formula is C15H10Br2NO2-. The van der Waals surface area contributed by atoms with Crippen LogP contribution in [-0.2, 0) is 11.3 Å². The summed E-state index contributed by atoms with van der Waals surface area (Å²) in [5.74, 6) is -1.03. The van der Waals surface area contributed by atoms with Gasteiger partial charge < -0.3 is 14.5 Å². The molecule has 3 nitrogen and oxygen atoms in total. The van der Waals surface area contributed by atoms with Gasteiger partial charge in [0.15, 0.2) is 0 Å². The Kier molecular flexibility index (Phi) is 3.56. The van der Waals surface area contributed by atoms with E-state index in [9.17, 15) is 9.90 Å². The molecule has 3 rings (SSSR count). The number of hydrogen-bond acceptors (Lipinski definition) is 2. The zero-order chi connectivity index (χ0) is 14.3. The van der Waals surface area contributed by atoms with Crippen LogP contribution in [0.5, 0.6) is 0 Å². The first kappa shape index (κ1) is 13.6. The summed E-state index contributed by atoms with van der Waals surface area (Å²) in [6.07, 6.45) is 0.00497. The normalized spacial score (nSPS) is 11.3. The van der Waals surface area contributed by atoms with E-state index < -0.39 is 5.97 Å². The lowest BCUT2D eigenvalue weighted by atomic mass is 10.2. The number of hydrogen-bond donors (Lipinski definition) is 0. The minimum Gasteiger partial charge on any atom is -0.550 e. The van der Waals surface area contributed by atoms with Crippen LogP contribution in [0.4, 0.5) is 0 Å². The lowest BCUT2D eigenvalue weighted by Crippen LogP contribution is -2.23. The van der Waals surface area contributed by atoms with Crippen LogP contribution >= 0.6 is 31.9 Å². The molecule has 0 radical (unpaired) electrons. The van der Waals surface area contributed by atoms with Crippen molar-refractivity contribution >= 4 is 59.6 Å². The molecule has 0 saturated carbocycles. The number of carboxylic acid groups (broad SMARTS) is 1. The molecule has 102 valence electrons. The Hall–Kier alpha value is -1.33. The maximum atomic E-state index is 10.7. The SMILES string of the molecule is O=C([O-])CCn1c2ccc(Br)cc2c2cc(Br)ccc21. The van der Waals surface area contributed by atoms with Gasteiger partial charge in [-0.2, -0.15) is 0 Å². The molecule has 1 aromatic heterocycles. The first-order valence-corrected chi connectivity index (χ1v) is 7.72. The molecule has 0 atom stereocenters. The number of aryl methyl sites for hydroxylation is 1. The Labute approximate surface area is 132 Å². The summed E-state index contributed by atoms with van der Waals surface area (Å²) in [6.45, 7) is 0.408. The maximum Gasteiger partial charge on any atom is 0.0492 e. The minimum atomic E-state index is -1.03. The topological polar surface area (TPSA) is 45.1 Å². The summed E-state index contributed by atoms with van der Waals surface area (Å²) in [5, 5.41) is 12.9. The van der Waals surface area contributed by atoms with Crippen LogP contribution in [0.1, 0.15) is 6.42 Å². The zero-order valence-electron chi connectivity index (χ0n) is 10.4. The number of fused-ring (bicyclic) bond motifs is 3. The molecule has 0 amide bonds. The van der Waals surface area contributed by atoms with Crippen molar-refractivity contribution in [3.05, 3.63) is 45.3 Å². The second-order valence-electron chi connectivity index (χ2n) is 4.60. The molecule has 0 aliphatic rings. The Bertz CT molecular complexity index is 764. The van der Waals surface area contributed by atoms with E-state index in [1.807, 2.05) is 28.8 Å². The Morgan fingerprint density at radius 1 is 1.00 bits per heavy atom. The Balaban J connectivity index is 2.31. The van der Waals surface area contributed by atoms with Crippen molar-refractivity contribution in [1.82, 2.24) is 4.57 Å². The van der Waals surface area contributed by atoms with Gasteiger partial charge in [-0.3, -0.25) is 0 Å². The van der Waals surface area contributed by atoms with Crippen molar-refractivity contribution in [3.63, 3.8) is 0 Å². The molecule has 5 heteroatoms. The van der Waals surface area contributed by atoms with Crippen LogP contribution in [0.2, 0.25) is 0 Å². The Morgan fingerprint density at radius 2 is 1.50 bits per heavy atom. The van der Waals surface area contributed by atoms with E-state index in [2.05, 4.69) is 44.0 Å². The molecule has 20 heavy (non-hydrogen) atoms. The molecule has 0 bridgehead atoms. The number of carboxylic acids is 1. The Morgan fingerprint density at radius 3 is 1.95 bits per heavy atom. The summed E-state index contributed by atoms with van der Waals surface area (Å²) >= 11 is 6.97. The van der Waals surface area contributed by atoms with E-state index in [1.165, 1.54) is 0 Å². The fourth-order valence-electron chi connectivity index (χ4n) is 2.49. The highest BCUT2D eigenvalue weighted by Gasteiger charge is 2.11. The highest BCUT2D eigenvalue weighted by atomic mass is 79.9. The largest absolute Gasteiger partial charge is 0.550 e. The highest BCUT2D eigenvalue weighted by molar-refractivity contribution is 9.10. The minimum absolute atomic E-state index is 0.00497. The molecule has 0 fully saturated rings. The van der Waals surface area contributed by atoms with Crippen molar-refractivity contribution in [1.29, 1.82) is 0 Å². The van der Waals surface area contributed by atoms with E-state index >= 15 is 0 Å². The molecule has 0 aliphatic heterocycles. The lowest BCUT2D eigenvalue weighted by molar-refractivity contribution is -0.305. The van der Waals surface area contributed by atoms with Crippen LogP contribution in [0, 0.1) is 0 Å². The van der Waals surface area contributed by atoms with Gasteiger partial charge in [0, 0.05) is 49.7 Å². The first-order chi connectivity index (χ1) is 9.56. The first-order valence-electron chi connectivity index (χ1n) is 6.13. The third-order valence-corrected chi connectivity index (χ3v) is 4.32. The van der Waals surface area contributed by atoms with E-state index in [1.54, 1.807) is 0 Å². The number of aromatic nitrogens is 1. The van der Waals surface area contributed by atoms with Crippen molar-refractivity contribution < 1.29 is 9.90 Å². The second kappa shape index (κ2) is 5.22. The van der Waals surface area contributed by atoms with Crippen LogP contribution in [0.15, 0.2) is 45.3 Å². The number of nitrogens with zero attached hydrogens (tertiary/aromatic N) is 1. The molecule has 0 unspecified atom stereocenters. The molecule has 0 spiro atoms. The number of carbonyl (C=O) groups is 1. The summed E-state index contributed by atoms with van der Waals surface area (Å²) in [6, 6.07) is 12.0. The number of aliphatic carboxylic acids is 1. The zero-order valence-corrected chi connectivity index (χ0v) is 13.6. The van der Waals surface area contributed by atoms with Crippen molar-refractivity contribution in [2.24, 2.45) is 0 Å². The second-order valence-corrected chi connectivity index (χ2v) is 6.43. The summed E-state index contributed by atoms with van der Waals surface area (Å²) in [7, 11) is 0. The van der Waals surface area contributed by atoms with E-state index in [0.717, 1.165) is 30.8 Å². The standard InChI is InChI=1S/C15H11Br2NO2/c16-9-1-3-13-11(7-9)12-8-10(17)2-4-14(12)18(13)6-5-15(19)20/h1-4,7-8H,5-6H2,(H,19,20)/p-1. The fourth-order valence-corrected chi connectivity index (χ4v) is 3.21. The van der Waals surface area contributed by atoms with Crippen molar-refractivity contribution in [3.8, 4) is 0 Å². The quantitative estimate of drug-likeness (QED) is 0.681. The number of carbonyl (C=O) groups excluding carboxylic acids is 1. The molecule has 3 aromatic rings. The van der Waals surface area contributed by atoms with Crippen LogP contribution < -0.4 is 5.11 Å². The summed E-state index contributed by atoms with van der Waals surface area (Å²) in [5.41, 5.74) is 2.06. The molecule has 0 aliphatic carbocycles. The van der Waals surface area contributed by atoms with Gasteiger partial charge in [-0.25, -0.2) is 0 Å². The summed E-state index contributed by atoms with van der Waals surface area (Å²) < 4.78 is 4.03. The van der Waals surface area contributed by atoms with Crippen LogP contribution in [-0.4, -0.2) is 10.5 Å². The van der Waals surface area contributed by atoms with Gasteiger partial charge in [0.25, 0.3) is 0 Å². The molecule has 2 aromatic carbocycles. The molecular weight excluding hydrogens is 386 g/mol. The number of benzene rings is 2. The number of rotatable bonds is 3. The van der Waals surface area contributed by atoms with Crippen molar-refractivity contribution in [2.75, 3.05) is 0 Å². The fraction of sp³-hybridized carbons (Fsp3) is 0.133. The van der Waals surface area contributed by atoms with Crippen molar-refractivity contribution in [2.45, 2.75) is 13.0 Å². The highest BCUT2D eigenvalue weighted by Crippen LogP contribution is 2.33. The maximum absolute atomic E-state index is 10.7. The summed E-state index contributed by atoms with van der Waals surface area (Å²) in [4.78, 5) is 10.7. The van der Waals surface area contributed by atoms with Gasteiger partial charge >= 0.3 is 0 Å². The monoisotopic (exact) mass is 394 g/mol. The third-order valence-electron chi connectivity index (χ3n) is 3.33. The predicted molar refractivity (Wildman–Crippen MR) is 84.5 cm³/mol. The van der Waals surface area contributed by atoms with Gasteiger partial charge in [-0.1, -0.05) is 31.9 Å². The van der Waals surface area contributed by atoms with Gasteiger partial charge in [0.1, 0.15) is 0 Å². The smallest absolute Gasteiger partial charge is 0.0492 e. The number of halogens is 2. The van der Waals surface area contributed by atoms with E-state index in [4.69, 9.17) is 0 Å². The average Bonchev–Trinajstić information content (AvgIpc) is 2.69. The third kappa shape index (κ3) is 2.36. The van der Waals surface area contributed by atoms with Gasteiger partial charge in [0.2, 0.25) is 0 Å². The van der Waals surface area contributed by atoms with Gasteiger partial charge in [-0.15, -0.1) is 0 Å². The van der Waals surface area contributed by atoms with Gasteiger partial charge in [0.05, 0.1) is 0 Å². The molecule has 0 N–H and O–H groups in total.